The molecule has 0 fully saturated rings. The molecule has 3 aromatic rings. The summed E-state index contributed by atoms with van der Waals surface area (Å²) in [4.78, 5) is 21.9. The zero-order valence-corrected chi connectivity index (χ0v) is 18.9. The molecule has 0 radical (unpaired) electrons. The highest BCUT2D eigenvalue weighted by atomic mass is 79.9. The van der Waals surface area contributed by atoms with E-state index in [9.17, 15) is 4.79 Å². The van der Waals surface area contributed by atoms with Crippen LogP contribution in [0, 0.1) is 5.82 Å². The maximum Gasteiger partial charge on any atom is 0.277 e. The summed E-state index contributed by atoms with van der Waals surface area (Å²) in [6, 6.07) is 6.67. The molecule has 0 saturated heterocycles. The summed E-state index contributed by atoms with van der Waals surface area (Å²) in [5.74, 6) is -0.547. The van der Waals surface area contributed by atoms with E-state index in [1.54, 1.807) is 35.9 Å². The number of imidazole rings is 1. The topological polar surface area (TPSA) is 68.2 Å². The molecule has 1 unspecified atom stereocenters. The molecule has 0 bridgehead atoms. The molecule has 11 heteroatoms. The lowest BCUT2D eigenvalue weighted by atomic mass is 10.1. The van der Waals surface area contributed by atoms with E-state index in [-0.39, 0.29) is 16.8 Å². The van der Waals surface area contributed by atoms with Crippen LogP contribution in [0.5, 0.6) is 0 Å². The second kappa shape index (κ2) is 9.41. The fraction of sp³-hybridized carbons (Fsp3) is 0.176. The van der Waals surface area contributed by atoms with Crippen molar-refractivity contribution in [3.8, 4) is 0 Å². The lowest BCUT2D eigenvalue weighted by Gasteiger charge is -2.15. The quantitative estimate of drug-likeness (QED) is 0.267. The SMILES string of the molecule is Cn1cnc2c(F)c(Nc3ccc(Br)cc3Cl)c(C(=O)NOCCSP)cc21. The number of amides is 1. The Kier molecular flexibility index (Phi) is 7.17. The molecule has 0 saturated carbocycles. The second-order valence-corrected chi connectivity index (χ2v) is 8.80. The second-order valence-electron chi connectivity index (χ2n) is 5.74. The number of rotatable bonds is 7. The largest absolute Gasteiger partial charge is 0.351 e. The number of aryl methyl sites for hydroxylation is 1. The minimum absolute atomic E-state index is 0.0306. The summed E-state index contributed by atoms with van der Waals surface area (Å²) in [7, 11) is 4.22. The third kappa shape index (κ3) is 4.60. The van der Waals surface area contributed by atoms with Crippen LogP contribution >= 0.6 is 47.4 Å². The van der Waals surface area contributed by atoms with Crippen molar-refractivity contribution in [2.75, 3.05) is 17.7 Å². The van der Waals surface area contributed by atoms with Gasteiger partial charge in [0.2, 0.25) is 0 Å². The van der Waals surface area contributed by atoms with E-state index in [1.807, 2.05) is 0 Å². The summed E-state index contributed by atoms with van der Waals surface area (Å²) in [5.41, 5.74) is 3.48. The van der Waals surface area contributed by atoms with Crippen LogP contribution in [0.2, 0.25) is 5.02 Å². The van der Waals surface area contributed by atoms with Gasteiger partial charge in [-0.15, -0.1) is 11.4 Å². The highest BCUT2D eigenvalue weighted by Crippen LogP contribution is 2.34. The van der Waals surface area contributed by atoms with Crippen LogP contribution < -0.4 is 10.8 Å². The van der Waals surface area contributed by atoms with Gasteiger partial charge in [0.25, 0.3) is 5.91 Å². The van der Waals surface area contributed by atoms with Crippen molar-refractivity contribution in [2.24, 2.45) is 7.05 Å². The fourth-order valence-electron chi connectivity index (χ4n) is 2.51. The van der Waals surface area contributed by atoms with E-state index in [4.69, 9.17) is 16.4 Å². The first kappa shape index (κ1) is 21.3. The first-order chi connectivity index (χ1) is 13.4. The van der Waals surface area contributed by atoms with Gasteiger partial charge in [-0.3, -0.25) is 9.63 Å². The summed E-state index contributed by atoms with van der Waals surface area (Å²) >= 11 is 11.1. The van der Waals surface area contributed by atoms with Crippen LogP contribution in [-0.4, -0.2) is 27.8 Å². The Morgan fingerprint density at radius 3 is 2.96 bits per heavy atom. The standard InChI is InChI=1S/C17H16BrClFN4O2PS/c1-24-8-21-16-13(24)7-10(17(25)23-26-4-5-28-27)15(14(16)20)22-12-3-2-9(18)6-11(12)19/h2-3,6-8,22H,4-5,27H2,1H3,(H,23,25). The van der Waals surface area contributed by atoms with E-state index < -0.39 is 11.7 Å². The Balaban J connectivity index is 2.03. The van der Waals surface area contributed by atoms with Gasteiger partial charge in [0.05, 0.1) is 40.4 Å². The number of carbonyl (C=O) groups excluding carboxylic acids is 1. The van der Waals surface area contributed by atoms with Gasteiger partial charge in [-0.05, 0) is 24.3 Å². The molecule has 0 spiro atoms. The predicted octanol–water partition coefficient (Wildman–Crippen LogP) is 5.06. The van der Waals surface area contributed by atoms with Crippen LogP contribution in [-0.2, 0) is 11.9 Å². The third-order valence-electron chi connectivity index (χ3n) is 3.86. The number of hydrogen-bond acceptors (Lipinski definition) is 5. The summed E-state index contributed by atoms with van der Waals surface area (Å²) in [6.07, 6.45) is 1.48. The van der Waals surface area contributed by atoms with Gasteiger partial charge < -0.3 is 9.88 Å². The van der Waals surface area contributed by atoms with Gasteiger partial charge in [-0.2, -0.15) is 0 Å². The molecule has 0 aliphatic carbocycles. The van der Waals surface area contributed by atoms with Gasteiger partial charge in [0.1, 0.15) is 5.52 Å². The van der Waals surface area contributed by atoms with Crippen molar-refractivity contribution < 1.29 is 14.0 Å². The smallest absolute Gasteiger partial charge is 0.277 e. The van der Waals surface area contributed by atoms with Crippen LogP contribution in [0.1, 0.15) is 10.4 Å². The van der Waals surface area contributed by atoms with E-state index in [0.29, 0.717) is 28.6 Å². The number of hydroxylamine groups is 1. The number of carbonyl (C=O) groups is 1. The molecule has 28 heavy (non-hydrogen) atoms. The Morgan fingerprint density at radius 2 is 2.25 bits per heavy atom. The maximum atomic E-state index is 15.2. The number of halogens is 3. The predicted molar refractivity (Wildman–Crippen MR) is 119 cm³/mol. The molecule has 0 aliphatic heterocycles. The molecule has 148 valence electrons. The molecule has 1 amide bonds. The van der Waals surface area contributed by atoms with Crippen molar-refractivity contribution in [1.82, 2.24) is 15.0 Å². The minimum atomic E-state index is -0.650. The number of hydrogen-bond donors (Lipinski definition) is 2. The zero-order valence-electron chi connectivity index (χ0n) is 14.6. The summed E-state index contributed by atoms with van der Waals surface area (Å²) in [6.45, 7) is 0.317. The molecule has 3 rings (SSSR count). The van der Waals surface area contributed by atoms with Gasteiger partial charge >= 0.3 is 0 Å². The summed E-state index contributed by atoms with van der Waals surface area (Å²) < 4.78 is 17.6. The molecular weight excluding hydrogens is 490 g/mol. The van der Waals surface area contributed by atoms with Crippen LogP contribution in [0.15, 0.2) is 35.1 Å². The lowest BCUT2D eigenvalue weighted by Crippen LogP contribution is -2.26. The van der Waals surface area contributed by atoms with Crippen molar-refractivity contribution >= 4 is 75.7 Å². The third-order valence-corrected chi connectivity index (χ3v) is 5.78. The number of benzene rings is 2. The maximum absolute atomic E-state index is 15.2. The van der Waals surface area contributed by atoms with Crippen molar-refractivity contribution in [1.29, 1.82) is 0 Å². The number of anilines is 2. The molecule has 2 aromatic carbocycles. The van der Waals surface area contributed by atoms with Gasteiger partial charge in [-0.25, -0.2) is 14.9 Å². The molecule has 0 aliphatic rings. The van der Waals surface area contributed by atoms with Gasteiger partial charge in [0, 0.05) is 17.3 Å². The average molecular weight is 506 g/mol. The minimum Gasteiger partial charge on any atom is -0.351 e. The fourth-order valence-corrected chi connectivity index (χ4v) is 3.70. The van der Waals surface area contributed by atoms with E-state index in [1.165, 1.54) is 17.7 Å². The van der Waals surface area contributed by atoms with E-state index >= 15 is 4.39 Å². The molecule has 2 N–H and O–H groups in total. The van der Waals surface area contributed by atoms with Crippen LogP contribution in [0.3, 0.4) is 0 Å². The number of nitrogens with zero attached hydrogens (tertiary/aromatic N) is 2. The van der Waals surface area contributed by atoms with Crippen molar-refractivity contribution in [3.05, 3.63) is 51.5 Å². The van der Waals surface area contributed by atoms with Crippen LogP contribution in [0.4, 0.5) is 15.8 Å². The molecule has 1 heterocycles. The first-order valence-electron chi connectivity index (χ1n) is 8.01. The Hall–Kier alpha value is -1.38. The monoisotopic (exact) mass is 504 g/mol. The Bertz CT molecular complexity index is 1040. The van der Waals surface area contributed by atoms with Crippen molar-refractivity contribution in [2.45, 2.75) is 0 Å². The molecular formula is C17H16BrClFN4O2PS. The van der Waals surface area contributed by atoms with E-state index in [2.05, 4.69) is 40.2 Å². The van der Waals surface area contributed by atoms with Gasteiger partial charge in [0.15, 0.2) is 5.82 Å². The van der Waals surface area contributed by atoms with Gasteiger partial charge in [-0.1, -0.05) is 36.0 Å². The lowest BCUT2D eigenvalue weighted by molar-refractivity contribution is 0.0376. The zero-order chi connectivity index (χ0) is 20.3. The highest BCUT2D eigenvalue weighted by Gasteiger charge is 2.22. The summed E-state index contributed by atoms with van der Waals surface area (Å²) in [5, 5.41) is 3.29. The normalized spacial score (nSPS) is 11.0. The Morgan fingerprint density at radius 1 is 1.46 bits per heavy atom. The first-order valence-corrected chi connectivity index (χ1v) is 11.6. The number of nitrogens with one attached hydrogen (secondary N) is 2. The molecule has 1 atom stereocenters. The molecule has 1 aromatic heterocycles. The van der Waals surface area contributed by atoms with Crippen molar-refractivity contribution in [3.63, 3.8) is 0 Å². The number of aromatic nitrogens is 2. The highest BCUT2D eigenvalue weighted by molar-refractivity contribution is 9.10. The number of fused-ring (bicyclic) bond motifs is 1. The average Bonchev–Trinajstić information content (AvgIpc) is 3.03. The molecule has 6 nitrogen and oxygen atoms in total. The Labute approximate surface area is 180 Å². The van der Waals surface area contributed by atoms with E-state index in [0.717, 1.165) is 4.47 Å². The van der Waals surface area contributed by atoms with Crippen LogP contribution in [0.25, 0.3) is 11.0 Å².